The second kappa shape index (κ2) is 3.33. The molecule has 0 radical (unpaired) electrons. The lowest BCUT2D eigenvalue weighted by Crippen LogP contribution is -2.05. The minimum atomic E-state index is 0.163. The number of aromatic hydroxyl groups is 1. The van der Waals surface area contributed by atoms with E-state index in [4.69, 9.17) is 4.74 Å². The number of fused-ring (bicyclic) bond motifs is 1. The van der Waals surface area contributed by atoms with Gasteiger partial charge in [-0.2, -0.15) is 0 Å². The van der Waals surface area contributed by atoms with Gasteiger partial charge < -0.3 is 14.6 Å². The average molecular weight is 192 g/mol. The number of carbonyl (C=O) groups is 1. The van der Waals surface area contributed by atoms with Gasteiger partial charge in [0.05, 0.1) is 0 Å². The molecule has 1 heterocycles. The van der Waals surface area contributed by atoms with Crippen LogP contribution in [0, 0.1) is 0 Å². The molecule has 2 rings (SSSR count). The third-order valence-electron chi connectivity index (χ3n) is 2.40. The lowest BCUT2D eigenvalue weighted by Gasteiger charge is -2.05. The predicted molar refractivity (Wildman–Crippen MR) is 51.7 cm³/mol. The zero-order chi connectivity index (χ0) is 10.1. The van der Waals surface area contributed by atoms with Crippen molar-refractivity contribution >= 4 is 6.29 Å². The summed E-state index contributed by atoms with van der Waals surface area (Å²) in [5.41, 5.74) is 1.65. The number of phenolic OH excluding ortho intramolecular Hbond substituents is 1. The van der Waals surface area contributed by atoms with Crippen molar-refractivity contribution in [2.75, 3.05) is 0 Å². The summed E-state index contributed by atoms with van der Waals surface area (Å²) in [6.07, 6.45) is 2.00. The van der Waals surface area contributed by atoms with Gasteiger partial charge in [0.1, 0.15) is 23.9 Å². The number of benzene rings is 1. The van der Waals surface area contributed by atoms with Gasteiger partial charge in [0.15, 0.2) is 0 Å². The van der Waals surface area contributed by atoms with Crippen molar-refractivity contribution in [1.29, 1.82) is 0 Å². The molecule has 0 amide bonds. The molecule has 0 bridgehead atoms. The monoisotopic (exact) mass is 192 g/mol. The Bertz CT molecular complexity index is 371. The van der Waals surface area contributed by atoms with Gasteiger partial charge in [-0.3, -0.25) is 0 Å². The molecule has 0 aromatic heterocycles. The average Bonchev–Trinajstić information content (AvgIpc) is 2.45. The highest BCUT2D eigenvalue weighted by atomic mass is 16.5. The topological polar surface area (TPSA) is 46.5 Å². The molecule has 1 aromatic carbocycles. The fraction of sp³-hybridized carbons (Fsp3) is 0.364. The quantitative estimate of drug-likeness (QED) is 0.721. The predicted octanol–water partition coefficient (Wildman–Crippen LogP) is 1.46. The second-order valence-electron chi connectivity index (χ2n) is 3.59. The number of aldehydes is 1. The largest absolute Gasteiger partial charge is 0.508 e. The van der Waals surface area contributed by atoms with Crippen LogP contribution in [-0.4, -0.2) is 17.5 Å². The number of hydrogen-bond donors (Lipinski definition) is 1. The molecule has 0 spiro atoms. The van der Waals surface area contributed by atoms with Gasteiger partial charge in [0.2, 0.25) is 0 Å². The molecule has 0 aliphatic carbocycles. The van der Waals surface area contributed by atoms with Gasteiger partial charge >= 0.3 is 0 Å². The van der Waals surface area contributed by atoms with Crippen LogP contribution in [0.25, 0.3) is 0 Å². The third kappa shape index (κ3) is 1.45. The Kier molecular flexibility index (Phi) is 2.15. The fourth-order valence-electron chi connectivity index (χ4n) is 1.74. The molecular formula is C11H12O3. The van der Waals surface area contributed by atoms with E-state index in [-0.39, 0.29) is 18.3 Å². The molecule has 1 aromatic rings. The van der Waals surface area contributed by atoms with E-state index in [0.29, 0.717) is 5.56 Å². The van der Waals surface area contributed by atoms with E-state index in [0.717, 1.165) is 24.0 Å². The van der Waals surface area contributed by atoms with Crippen LogP contribution in [0.2, 0.25) is 0 Å². The summed E-state index contributed by atoms with van der Waals surface area (Å²) < 4.78 is 5.52. The Morgan fingerprint density at radius 1 is 1.64 bits per heavy atom. The molecule has 0 saturated heterocycles. The van der Waals surface area contributed by atoms with Crippen molar-refractivity contribution in [2.45, 2.75) is 25.9 Å². The molecular weight excluding hydrogens is 180 g/mol. The van der Waals surface area contributed by atoms with Crippen LogP contribution < -0.4 is 4.74 Å². The van der Waals surface area contributed by atoms with Crippen LogP contribution >= 0.6 is 0 Å². The first-order valence-corrected chi connectivity index (χ1v) is 4.65. The zero-order valence-electron chi connectivity index (χ0n) is 7.99. The van der Waals surface area contributed by atoms with E-state index in [1.54, 1.807) is 12.1 Å². The number of ether oxygens (including phenoxy) is 1. The highest BCUT2D eigenvalue weighted by molar-refractivity contribution is 5.60. The minimum absolute atomic E-state index is 0.163. The van der Waals surface area contributed by atoms with Gasteiger partial charge in [0.25, 0.3) is 0 Å². The van der Waals surface area contributed by atoms with E-state index in [1.165, 1.54) is 0 Å². The van der Waals surface area contributed by atoms with E-state index >= 15 is 0 Å². The molecule has 14 heavy (non-hydrogen) atoms. The van der Waals surface area contributed by atoms with Crippen molar-refractivity contribution in [1.82, 2.24) is 0 Å². The van der Waals surface area contributed by atoms with E-state index in [2.05, 4.69) is 0 Å². The minimum Gasteiger partial charge on any atom is -0.508 e. The summed E-state index contributed by atoms with van der Waals surface area (Å²) in [4.78, 5) is 10.3. The van der Waals surface area contributed by atoms with Crippen LogP contribution in [0.4, 0.5) is 0 Å². The number of hydrogen-bond acceptors (Lipinski definition) is 3. The summed E-state index contributed by atoms with van der Waals surface area (Å²) in [7, 11) is 0. The molecule has 0 fully saturated rings. The Hall–Kier alpha value is -1.51. The highest BCUT2D eigenvalue weighted by Crippen LogP contribution is 2.34. The first-order chi connectivity index (χ1) is 6.70. The maximum atomic E-state index is 10.3. The molecule has 1 N–H and O–H groups in total. The van der Waals surface area contributed by atoms with Crippen molar-refractivity contribution in [3.63, 3.8) is 0 Å². The van der Waals surface area contributed by atoms with Crippen LogP contribution in [-0.2, 0) is 17.6 Å². The van der Waals surface area contributed by atoms with Gasteiger partial charge in [-0.05, 0) is 19.1 Å². The van der Waals surface area contributed by atoms with Crippen molar-refractivity contribution < 1.29 is 14.6 Å². The molecule has 74 valence electrons. The van der Waals surface area contributed by atoms with Gasteiger partial charge in [-0.1, -0.05) is 0 Å². The van der Waals surface area contributed by atoms with Crippen molar-refractivity contribution in [3.8, 4) is 11.5 Å². The molecule has 3 nitrogen and oxygen atoms in total. The number of carbonyl (C=O) groups excluding carboxylic acids is 1. The standard InChI is InChI=1S/C11H12O3/c1-7-4-9-5-10(13)8(2-3-12)6-11(9)14-7/h3,5-7,13H,2,4H2,1H3. The summed E-state index contributed by atoms with van der Waals surface area (Å²) in [5.74, 6) is 0.987. The van der Waals surface area contributed by atoms with Crippen LogP contribution in [0.15, 0.2) is 12.1 Å². The van der Waals surface area contributed by atoms with Gasteiger partial charge in [0, 0.05) is 24.0 Å². The van der Waals surface area contributed by atoms with Crippen LogP contribution in [0.3, 0.4) is 0 Å². The Morgan fingerprint density at radius 2 is 2.43 bits per heavy atom. The van der Waals surface area contributed by atoms with Gasteiger partial charge in [-0.25, -0.2) is 0 Å². The van der Waals surface area contributed by atoms with E-state index in [1.807, 2.05) is 6.92 Å². The van der Waals surface area contributed by atoms with E-state index in [9.17, 15) is 9.90 Å². The summed E-state index contributed by atoms with van der Waals surface area (Å²) >= 11 is 0. The Morgan fingerprint density at radius 3 is 3.14 bits per heavy atom. The molecule has 0 saturated carbocycles. The first-order valence-electron chi connectivity index (χ1n) is 4.65. The summed E-state index contributed by atoms with van der Waals surface area (Å²) in [6, 6.07) is 3.44. The molecule has 1 atom stereocenters. The normalized spacial score (nSPS) is 18.8. The first kappa shape index (κ1) is 9.06. The van der Waals surface area contributed by atoms with Crippen LogP contribution in [0.5, 0.6) is 11.5 Å². The Labute approximate surface area is 82.3 Å². The SMILES string of the molecule is CC1Cc2cc(O)c(CC=O)cc2O1. The third-order valence-corrected chi connectivity index (χ3v) is 2.40. The fourth-order valence-corrected chi connectivity index (χ4v) is 1.74. The smallest absolute Gasteiger partial charge is 0.124 e. The summed E-state index contributed by atoms with van der Waals surface area (Å²) in [6.45, 7) is 1.98. The zero-order valence-corrected chi connectivity index (χ0v) is 7.99. The van der Waals surface area contributed by atoms with E-state index < -0.39 is 0 Å². The Balaban J connectivity index is 2.39. The second-order valence-corrected chi connectivity index (χ2v) is 3.59. The van der Waals surface area contributed by atoms with Crippen molar-refractivity contribution in [2.24, 2.45) is 0 Å². The molecule has 3 heteroatoms. The molecule has 1 aliphatic heterocycles. The summed E-state index contributed by atoms with van der Waals surface area (Å²) in [5, 5.41) is 9.58. The highest BCUT2D eigenvalue weighted by Gasteiger charge is 2.20. The number of rotatable bonds is 2. The lowest BCUT2D eigenvalue weighted by atomic mass is 10.1. The molecule has 1 unspecified atom stereocenters. The molecule has 1 aliphatic rings. The van der Waals surface area contributed by atoms with Gasteiger partial charge in [-0.15, -0.1) is 0 Å². The van der Waals surface area contributed by atoms with Crippen LogP contribution in [0.1, 0.15) is 18.1 Å². The number of phenols is 1. The lowest BCUT2D eigenvalue weighted by molar-refractivity contribution is -0.107. The van der Waals surface area contributed by atoms with Crippen molar-refractivity contribution in [3.05, 3.63) is 23.3 Å². The maximum absolute atomic E-state index is 10.3. The maximum Gasteiger partial charge on any atom is 0.124 e.